The maximum Gasteiger partial charge on any atom is 0.341 e. The van der Waals surface area contributed by atoms with Gasteiger partial charge in [0.25, 0.3) is 0 Å². The Balaban J connectivity index is 1.70. The first-order valence-electron chi connectivity index (χ1n) is 8.96. The number of thiophene rings is 1. The molecule has 1 N–H and O–H groups in total. The van der Waals surface area contributed by atoms with E-state index in [4.69, 9.17) is 4.74 Å². The molecule has 0 radical (unpaired) electrons. The van der Waals surface area contributed by atoms with Crippen LogP contribution < -0.4 is 5.32 Å². The lowest BCUT2D eigenvalue weighted by Gasteiger charge is -2.19. The number of rotatable bonds is 6. The lowest BCUT2D eigenvalue weighted by atomic mass is 10.1. The molecule has 0 atom stereocenters. The topological polar surface area (TPSA) is 75.7 Å². The van der Waals surface area contributed by atoms with E-state index in [1.54, 1.807) is 11.8 Å². The fraction of sp³-hybridized carbons (Fsp3) is 0.611. The zero-order chi connectivity index (χ0) is 17.8. The number of hydrogen-bond acceptors (Lipinski definition) is 5. The van der Waals surface area contributed by atoms with Crippen molar-refractivity contribution in [2.45, 2.75) is 51.4 Å². The molecule has 136 valence electrons. The van der Waals surface area contributed by atoms with Crippen molar-refractivity contribution in [3.8, 4) is 0 Å². The summed E-state index contributed by atoms with van der Waals surface area (Å²) in [6, 6.07) is 0. The minimum absolute atomic E-state index is 0.0307. The quantitative estimate of drug-likeness (QED) is 0.787. The van der Waals surface area contributed by atoms with Gasteiger partial charge in [-0.2, -0.15) is 0 Å². The Hall–Kier alpha value is -1.89. The molecule has 0 bridgehead atoms. The average Bonchev–Trinajstić information content (AvgIpc) is 3.36. The minimum atomic E-state index is -0.383. The van der Waals surface area contributed by atoms with Gasteiger partial charge >= 0.3 is 5.97 Å². The van der Waals surface area contributed by atoms with E-state index in [9.17, 15) is 14.4 Å². The number of amides is 2. The standard InChI is InChI=1S/C18H24N2O4S/c1-2-24-18(23)16-13(12-7-8-12)11-25-17(16)19-14(21)10-20-9-5-3-4-6-15(20)22/h11-12H,2-10H2,1H3,(H,19,21). The Bertz CT molecular complexity index is 666. The molecule has 2 amide bonds. The maximum atomic E-state index is 12.4. The third-order valence-electron chi connectivity index (χ3n) is 4.58. The molecule has 2 fully saturated rings. The number of carbonyl (C=O) groups excluding carboxylic acids is 3. The van der Waals surface area contributed by atoms with Gasteiger partial charge < -0.3 is 15.0 Å². The lowest BCUT2D eigenvalue weighted by Crippen LogP contribution is -2.37. The SMILES string of the molecule is CCOC(=O)c1c(C2CC2)csc1NC(=O)CN1CCCCCC1=O. The van der Waals surface area contributed by atoms with Crippen molar-refractivity contribution < 1.29 is 19.1 Å². The summed E-state index contributed by atoms with van der Waals surface area (Å²) >= 11 is 1.36. The highest BCUT2D eigenvalue weighted by atomic mass is 32.1. The molecule has 0 spiro atoms. The van der Waals surface area contributed by atoms with Crippen molar-refractivity contribution in [3.05, 3.63) is 16.5 Å². The molecule has 1 saturated carbocycles. The summed E-state index contributed by atoms with van der Waals surface area (Å²) in [5.74, 6) is -0.214. The Morgan fingerprint density at radius 1 is 1.32 bits per heavy atom. The molecule has 1 aromatic heterocycles. The first-order chi connectivity index (χ1) is 12.1. The molecule has 1 saturated heterocycles. The van der Waals surface area contributed by atoms with E-state index >= 15 is 0 Å². The predicted molar refractivity (Wildman–Crippen MR) is 95.9 cm³/mol. The van der Waals surface area contributed by atoms with Crippen LogP contribution in [0.5, 0.6) is 0 Å². The highest BCUT2D eigenvalue weighted by molar-refractivity contribution is 7.15. The normalized spacial score (nSPS) is 18.0. The van der Waals surface area contributed by atoms with Gasteiger partial charge in [-0.15, -0.1) is 11.3 Å². The fourth-order valence-corrected chi connectivity index (χ4v) is 4.16. The van der Waals surface area contributed by atoms with E-state index in [1.165, 1.54) is 11.3 Å². The van der Waals surface area contributed by atoms with Crippen molar-refractivity contribution in [1.29, 1.82) is 0 Å². The first kappa shape index (κ1) is 17.9. The third-order valence-corrected chi connectivity index (χ3v) is 5.49. The summed E-state index contributed by atoms with van der Waals surface area (Å²) in [4.78, 5) is 38.4. The van der Waals surface area contributed by atoms with Crippen molar-refractivity contribution in [2.75, 3.05) is 25.0 Å². The van der Waals surface area contributed by atoms with Gasteiger partial charge in [0.05, 0.1) is 18.7 Å². The number of likely N-dealkylation sites (tertiary alicyclic amines) is 1. The second kappa shape index (κ2) is 7.99. The van der Waals surface area contributed by atoms with E-state index in [0.717, 1.165) is 37.7 Å². The number of hydrogen-bond donors (Lipinski definition) is 1. The van der Waals surface area contributed by atoms with Crippen LogP contribution in [0.4, 0.5) is 5.00 Å². The van der Waals surface area contributed by atoms with E-state index in [-0.39, 0.29) is 24.3 Å². The Morgan fingerprint density at radius 2 is 2.12 bits per heavy atom. The van der Waals surface area contributed by atoms with Crippen molar-refractivity contribution in [1.82, 2.24) is 4.90 Å². The molecule has 2 heterocycles. The fourth-order valence-electron chi connectivity index (χ4n) is 3.12. The monoisotopic (exact) mass is 364 g/mol. The number of anilines is 1. The molecule has 1 aliphatic carbocycles. The van der Waals surface area contributed by atoms with Gasteiger partial charge in [-0.1, -0.05) is 6.42 Å². The minimum Gasteiger partial charge on any atom is -0.462 e. The van der Waals surface area contributed by atoms with Gasteiger partial charge in [0.15, 0.2) is 0 Å². The molecule has 2 aliphatic rings. The number of ether oxygens (including phenoxy) is 1. The van der Waals surface area contributed by atoms with E-state index in [2.05, 4.69) is 5.32 Å². The highest BCUT2D eigenvalue weighted by Gasteiger charge is 2.32. The summed E-state index contributed by atoms with van der Waals surface area (Å²) in [6.45, 7) is 2.73. The van der Waals surface area contributed by atoms with Gasteiger partial charge in [0.1, 0.15) is 5.00 Å². The maximum absolute atomic E-state index is 12.4. The summed E-state index contributed by atoms with van der Waals surface area (Å²) in [6.07, 6.45) is 5.48. The van der Waals surface area contributed by atoms with Gasteiger partial charge in [-0.3, -0.25) is 9.59 Å². The van der Waals surface area contributed by atoms with Crippen molar-refractivity contribution in [2.24, 2.45) is 0 Å². The number of nitrogens with one attached hydrogen (secondary N) is 1. The third kappa shape index (κ3) is 4.39. The van der Waals surface area contributed by atoms with Gasteiger partial charge in [0.2, 0.25) is 11.8 Å². The van der Waals surface area contributed by atoms with Crippen molar-refractivity contribution in [3.63, 3.8) is 0 Å². The molecule has 7 heteroatoms. The summed E-state index contributed by atoms with van der Waals surface area (Å²) in [7, 11) is 0. The molecule has 1 aliphatic heterocycles. The predicted octanol–water partition coefficient (Wildman–Crippen LogP) is 3.14. The number of nitrogens with zero attached hydrogens (tertiary/aromatic N) is 1. The second-order valence-electron chi connectivity index (χ2n) is 6.56. The highest BCUT2D eigenvalue weighted by Crippen LogP contribution is 2.46. The van der Waals surface area contributed by atoms with E-state index in [0.29, 0.717) is 36.1 Å². The largest absolute Gasteiger partial charge is 0.462 e. The lowest BCUT2D eigenvalue weighted by molar-refractivity contribution is -0.134. The van der Waals surface area contributed by atoms with Crippen LogP contribution in [-0.2, 0) is 14.3 Å². The summed E-state index contributed by atoms with van der Waals surface area (Å²) in [5.41, 5.74) is 1.47. The Morgan fingerprint density at radius 3 is 2.84 bits per heavy atom. The summed E-state index contributed by atoms with van der Waals surface area (Å²) in [5, 5.41) is 5.30. The molecule has 25 heavy (non-hydrogen) atoms. The van der Waals surface area contributed by atoms with Crippen molar-refractivity contribution >= 4 is 34.1 Å². The molecule has 0 aromatic carbocycles. The Kier molecular flexibility index (Phi) is 5.73. The van der Waals surface area contributed by atoms with Crippen LogP contribution >= 0.6 is 11.3 Å². The Labute approximate surface area is 151 Å². The average molecular weight is 364 g/mol. The molecule has 6 nitrogen and oxygen atoms in total. The zero-order valence-electron chi connectivity index (χ0n) is 14.5. The van der Waals surface area contributed by atoms with Gasteiger partial charge in [-0.25, -0.2) is 4.79 Å². The van der Waals surface area contributed by atoms with Crippen LogP contribution in [-0.4, -0.2) is 42.4 Å². The van der Waals surface area contributed by atoms with Gasteiger partial charge in [0, 0.05) is 13.0 Å². The van der Waals surface area contributed by atoms with Gasteiger partial charge in [-0.05, 0) is 49.5 Å². The van der Waals surface area contributed by atoms with Crippen LogP contribution in [0.15, 0.2) is 5.38 Å². The number of carbonyl (C=O) groups is 3. The molecular weight excluding hydrogens is 340 g/mol. The molecule has 1 aromatic rings. The second-order valence-corrected chi connectivity index (χ2v) is 7.44. The number of esters is 1. The van der Waals surface area contributed by atoms with E-state index < -0.39 is 0 Å². The smallest absolute Gasteiger partial charge is 0.341 e. The summed E-state index contributed by atoms with van der Waals surface area (Å²) < 4.78 is 5.16. The molecule has 3 rings (SSSR count). The van der Waals surface area contributed by atoms with Crippen LogP contribution in [0.25, 0.3) is 0 Å². The zero-order valence-corrected chi connectivity index (χ0v) is 15.3. The van der Waals surface area contributed by atoms with Crippen LogP contribution in [0.2, 0.25) is 0 Å². The first-order valence-corrected chi connectivity index (χ1v) is 9.84. The molecular formula is C18H24N2O4S. The van der Waals surface area contributed by atoms with Crippen LogP contribution in [0.1, 0.15) is 67.3 Å². The van der Waals surface area contributed by atoms with Crippen LogP contribution in [0, 0.1) is 0 Å². The molecule has 0 unspecified atom stereocenters. The van der Waals surface area contributed by atoms with Crippen LogP contribution in [0.3, 0.4) is 0 Å². The van der Waals surface area contributed by atoms with E-state index in [1.807, 2.05) is 5.38 Å².